The normalized spacial score (nSPS) is 22.3. The molecule has 6 nitrogen and oxygen atoms in total. The van der Waals surface area contributed by atoms with E-state index in [2.05, 4.69) is 0 Å². The first-order valence-corrected chi connectivity index (χ1v) is 9.61. The average Bonchev–Trinajstić information content (AvgIpc) is 2.69. The zero-order valence-corrected chi connectivity index (χ0v) is 15.8. The number of thioether (sulfide) groups is 1. The Kier molecular flexibility index (Phi) is 5.90. The van der Waals surface area contributed by atoms with Crippen molar-refractivity contribution in [3.8, 4) is 5.75 Å². The number of allylic oxidation sites excluding steroid dienone is 2. The van der Waals surface area contributed by atoms with Crippen LogP contribution in [-0.2, 0) is 20.9 Å². The second kappa shape index (κ2) is 8.16. The van der Waals surface area contributed by atoms with Gasteiger partial charge in [-0.25, -0.2) is 4.79 Å². The maximum atomic E-state index is 12.7. The standard InChI is InChI=1S/C18H19ClN2O4S/c1-24-13-6-4-11(5-7-13)9-25-18(23)15-12(3-2-8-19)10-26-17-14(20)16(22)21(15)17/h2-7,14,17H,8-10,20H2,1H3/b3-2-/t14-,17-/m1/s1. The molecule has 1 aromatic carbocycles. The molecule has 0 aromatic heterocycles. The van der Waals surface area contributed by atoms with Crippen molar-refractivity contribution < 1.29 is 19.1 Å². The first kappa shape index (κ1) is 18.8. The molecule has 3 rings (SSSR count). The van der Waals surface area contributed by atoms with Crippen LogP contribution in [0.2, 0.25) is 0 Å². The van der Waals surface area contributed by atoms with E-state index >= 15 is 0 Å². The minimum absolute atomic E-state index is 0.102. The van der Waals surface area contributed by atoms with Crippen LogP contribution < -0.4 is 10.5 Å². The van der Waals surface area contributed by atoms with Gasteiger partial charge in [0.15, 0.2) is 0 Å². The molecule has 2 heterocycles. The molecule has 138 valence electrons. The van der Waals surface area contributed by atoms with E-state index in [0.29, 0.717) is 17.2 Å². The monoisotopic (exact) mass is 394 g/mol. The molecule has 0 aliphatic carbocycles. The van der Waals surface area contributed by atoms with Crippen LogP contribution in [0.1, 0.15) is 5.56 Å². The minimum Gasteiger partial charge on any atom is -0.497 e. The van der Waals surface area contributed by atoms with E-state index in [1.54, 1.807) is 31.4 Å². The van der Waals surface area contributed by atoms with Crippen LogP contribution in [0.5, 0.6) is 5.75 Å². The van der Waals surface area contributed by atoms with Gasteiger partial charge in [-0.05, 0) is 23.3 Å². The van der Waals surface area contributed by atoms with Gasteiger partial charge in [0.05, 0.1) is 7.11 Å². The van der Waals surface area contributed by atoms with E-state index in [0.717, 1.165) is 11.3 Å². The Bertz CT molecular complexity index is 763. The van der Waals surface area contributed by atoms with Gasteiger partial charge in [-0.1, -0.05) is 24.3 Å². The van der Waals surface area contributed by atoms with Gasteiger partial charge in [0.25, 0.3) is 0 Å². The maximum Gasteiger partial charge on any atom is 0.355 e. The van der Waals surface area contributed by atoms with Crippen LogP contribution in [0.15, 0.2) is 47.7 Å². The second-order valence-electron chi connectivity index (χ2n) is 5.79. The Labute approximate surface area is 160 Å². The smallest absolute Gasteiger partial charge is 0.355 e. The van der Waals surface area contributed by atoms with Gasteiger partial charge in [0, 0.05) is 11.6 Å². The predicted octanol–water partition coefficient (Wildman–Crippen LogP) is 2.03. The number of alkyl halides is 1. The number of amides is 1. The van der Waals surface area contributed by atoms with Crippen molar-refractivity contribution in [2.75, 3.05) is 18.7 Å². The topological polar surface area (TPSA) is 81.9 Å². The number of rotatable bonds is 6. The minimum atomic E-state index is -0.581. The molecule has 0 saturated carbocycles. The van der Waals surface area contributed by atoms with Crippen molar-refractivity contribution in [1.82, 2.24) is 4.90 Å². The molecule has 2 aliphatic rings. The summed E-state index contributed by atoms with van der Waals surface area (Å²) in [5, 5.41) is -0.223. The molecule has 2 aliphatic heterocycles. The first-order valence-electron chi connectivity index (χ1n) is 8.02. The fourth-order valence-corrected chi connectivity index (χ4v) is 4.14. The summed E-state index contributed by atoms with van der Waals surface area (Å²) in [6.07, 6.45) is 3.50. The van der Waals surface area contributed by atoms with E-state index < -0.39 is 12.0 Å². The number of halogens is 1. The number of hydrogen-bond donors (Lipinski definition) is 1. The Morgan fingerprint density at radius 3 is 2.81 bits per heavy atom. The molecule has 0 bridgehead atoms. The summed E-state index contributed by atoms with van der Waals surface area (Å²) >= 11 is 7.23. The van der Waals surface area contributed by atoms with Crippen LogP contribution in [0.3, 0.4) is 0 Å². The Morgan fingerprint density at radius 1 is 1.42 bits per heavy atom. The van der Waals surface area contributed by atoms with Gasteiger partial charge in [0.2, 0.25) is 5.91 Å². The molecule has 26 heavy (non-hydrogen) atoms. The van der Waals surface area contributed by atoms with Gasteiger partial charge >= 0.3 is 5.97 Å². The van der Waals surface area contributed by atoms with Crippen molar-refractivity contribution in [3.05, 3.63) is 53.3 Å². The lowest BCUT2D eigenvalue weighted by molar-refractivity contribution is -0.151. The second-order valence-corrected chi connectivity index (χ2v) is 7.20. The van der Waals surface area contributed by atoms with Gasteiger partial charge in [-0.15, -0.1) is 23.4 Å². The zero-order valence-electron chi connectivity index (χ0n) is 14.2. The molecular weight excluding hydrogens is 376 g/mol. The number of hydrogen-bond acceptors (Lipinski definition) is 6. The lowest BCUT2D eigenvalue weighted by Crippen LogP contribution is -2.68. The number of β-lactam (4-membered cyclic amide) rings is 1. The van der Waals surface area contributed by atoms with E-state index in [9.17, 15) is 9.59 Å². The quantitative estimate of drug-likeness (QED) is 0.451. The van der Waals surface area contributed by atoms with Crippen LogP contribution in [0.25, 0.3) is 0 Å². The summed E-state index contributed by atoms with van der Waals surface area (Å²) < 4.78 is 10.5. The number of nitrogens with two attached hydrogens (primary N) is 1. The number of methoxy groups -OCH3 is 1. The highest BCUT2D eigenvalue weighted by Crippen LogP contribution is 2.40. The van der Waals surface area contributed by atoms with Crippen molar-refractivity contribution in [2.45, 2.75) is 18.0 Å². The summed E-state index contributed by atoms with van der Waals surface area (Å²) in [5.41, 5.74) is 7.64. The number of carbonyl (C=O) groups is 2. The molecule has 8 heteroatoms. The average molecular weight is 395 g/mol. The fraction of sp³-hybridized carbons (Fsp3) is 0.333. The van der Waals surface area contributed by atoms with Gasteiger partial charge in [0.1, 0.15) is 29.5 Å². The number of carbonyl (C=O) groups excluding carboxylic acids is 2. The highest BCUT2D eigenvalue weighted by molar-refractivity contribution is 8.00. The molecule has 2 atom stereocenters. The lowest BCUT2D eigenvalue weighted by Gasteiger charge is -2.48. The zero-order chi connectivity index (χ0) is 18.7. The van der Waals surface area contributed by atoms with Crippen LogP contribution in [-0.4, -0.2) is 46.9 Å². The largest absolute Gasteiger partial charge is 0.497 e. The molecule has 1 saturated heterocycles. The number of ether oxygens (including phenoxy) is 2. The third-order valence-corrected chi connectivity index (χ3v) is 5.67. The van der Waals surface area contributed by atoms with Crippen molar-refractivity contribution in [2.24, 2.45) is 5.73 Å². The van der Waals surface area contributed by atoms with Gasteiger partial charge in [-0.2, -0.15) is 0 Å². The number of fused-ring (bicyclic) bond motifs is 1. The van der Waals surface area contributed by atoms with E-state index in [1.807, 2.05) is 12.1 Å². The number of esters is 1. The Balaban J connectivity index is 1.77. The SMILES string of the molecule is COc1ccc(COC(=O)C2=C(/C=C\CCl)CS[C@@H]3[C@H](N)C(=O)N23)cc1. The molecule has 1 amide bonds. The lowest BCUT2D eigenvalue weighted by atomic mass is 10.0. The fourth-order valence-electron chi connectivity index (χ4n) is 2.78. The molecule has 2 N–H and O–H groups in total. The highest BCUT2D eigenvalue weighted by atomic mass is 35.5. The molecule has 1 fully saturated rings. The van der Waals surface area contributed by atoms with E-state index in [4.69, 9.17) is 26.8 Å². The Hall–Kier alpha value is -1.96. The summed E-state index contributed by atoms with van der Waals surface area (Å²) in [6.45, 7) is 0.102. The maximum absolute atomic E-state index is 12.7. The molecule has 0 unspecified atom stereocenters. The molecule has 0 radical (unpaired) electrons. The van der Waals surface area contributed by atoms with Gasteiger partial charge in [-0.3, -0.25) is 9.69 Å². The predicted molar refractivity (Wildman–Crippen MR) is 101 cm³/mol. The molecule has 1 aromatic rings. The summed E-state index contributed by atoms with van der Waals surface area (Å²) in [4.78, 5) is 26.3. The highest BCUT2D eigenvalue weighted by Gasteiger charge is 2.51. The van der Waals surface area contributed by atoms with Gasteiger partial charge < -0.3 is 15.2 Å². The number of benzene rings is 1. The van der Waals surface area contributed by atoms with Crippen molar-refractivity contribution >= 4 is 35.2 Å². The van der Waals surface area contributed by atoms with Crippen molar-refractivity contribution in [1.29, 1.82) is 0 Å². The summed E-state index contributed by atoms with van der Waals surface area (Å²) in [6, 6.07) is 6.64. The first-order chi connectivity index (χ1) is 12.6. The van der Waals surface area contributed by atoms with E-state index in [1.165, 1.54) is 16.7 Å². The van der Waals surface area contributed by atoms with Crippen LogP contribution in [0, 0.1) is 0 Å². The van der Waals surface area contributed by atoms with Crippen LogP contribution in [0.4, 0.5) is 0 Å². The summed E-state index contributed by atoms with van der Waals surface area (Å²) in [7, 11) is 1.59. The molecular formula is C18H19ClN2O4S. The van der Waals surface area contributed by atoms with Crippen molar-refractivity contribution in [3.63, 3.8) is 0 Å². The molecule has 0 spiro atoms. The Morgan fingerprint density at radius 2 is 2.15 bits per heavy atom. The summed E-state index contributed by atoms with van der Waals surface area (Å²) in [5.74, 6) is 0.807. The number of nitrogens with zero attached hydrogens (tertiary/aromatic N) is 1. The third-order valence-electron chi connectivity index (χ3n) is 4.17. The third kappa shape index (κ3) is 3.60. The van der Waals surface area contributed by atoms with E-state index in [-0.39, 0.29) is 23.6 Å². The van der Waals surface area contributed by atoms with Crippen LogP contribution >= 0.6 is 23.4 Å².